The van der Waals surface area contributed by atoms with E-state index in [0.717, 1.165) is 19.3 Å². The zero-order valence-electron chi connectivity index (χ0n) is 12.0. The normalized spacial score (nSPS) is 24.5. The van der Waals surface area contributed by atoms with Crippen LogP contribution in [0.2, 0.25) is 0 Å². The Morgan fingerprint density at radius 1 is 1.47 bits per heavy atom. The highest BCUT2D eigenvalue weighted by Gasteiger charge is 2.45. The number of carbonyl (C=O) groups excluding carboxylic acids is 1. The minimum Gasteiger partial charge on any atom is -0.481 e. The maximum absolute atomic E-state index is 12.0. The summed E-state index contributed by atoms with van der Waals surface area (Å²) in [5.41, 5.74) is 4.94. The molecule has 0 aromatic rings. The first-order valence-corrected chi connectivity index (χ1v) is 7.18. The summed E-state index contributed by atoms with van der Waals surface area (Å²) >= 11 is 0. The second-order valence-corrected chi connectivity index (χ2v) is 5.77. The molecule has 1 saturated heterocycles. The number of hydrogen-bond acceptors (Lipinski definition) is 3. The molecule has 3 N–H and O–H groups in total. The third-order valence-corrected chi connectivity index (χ3v) is 3.94. The number of carbonyl (C=O) groups is 2. The summed E-state index contributed by atoms with van der Waals surface area (Å²) in [6.45, 7) is 4.85. The van der Waals surface area contributed by atoms with Gasteiger partial charge in [0.2, 0.25) is 5.91 Å². The van der Waals surface area contributed by atoms with Crippen LogP contribution >= 0.6 is 0 Å². The van der Waals surface area contributed by atoms with E-state index in [0.29, 0.717) is 32.4 Å². The highest BCUT2D eigenvalue weighted by Crippen LogP contribution is 2.35. The van der Waals surface area contributed by atoms with E-state index >= 15 is 0 Å². The Hall–Kier alpha value is -1.10. The lowest BCUT2D eigenvalue weighted by molar-refractivity contribution is -0.149. The van der Waals surface area contributed by atoms with Crippen LogP contribution in [-0.2, 0) is 9.59 Å². The number of hydrogen-bond donors (Lipinski definition) is 2. The number of nitrogens with zero attached hydrogens (tertiary/aromatic N) is 1. The predicted octanol–water partition coefficient (Wildman–Crippen LogP) is 1.61. The maximum Gasteiger partial charge on any atom is 0.311 e. The van der Waals surface area contributed by atoms with Gasteiger partial charge in [0.25, 0.3) is 0 Å². The fourth-order valence-corrected chi connectivity index (χ4v) is 2.78. The van der Waals surface area contributed by atoms with Gasteiger partial charge < -0.3 is 15.7 Å². The fourth-order valence-electron chi connectivity index (χ4n) is 2.78. The molecule has 2 atom stereocenters. The first-order valence-electron chi connectivity index (χ1n) is 7.18. The van der Waals surface area contributed by atoms with Crippen molar-refractivity contribution in [1.29, 1.82) is 0 Å². The van der Waals surface area contributed by atoms with Gasteiger partial charge in [-0.3, -0.25) is 9.59 Å². The number of carboxylic acid groups (broad SMARTS) is 1. The minimum atomic E-state index is -0.764. The van der Waals surface area contributed by atoms with Crippen LogP contribution in [0.3, 0.4) is 0 Å². The van der Waals surface area contributed by atoms with Crippen LogP contribution in [-0.4, -0.2) is 41.0 Å². The molecule has 1 amide bonds. The van der Waals surface area contributed by atoms with Gasteiger partial charge in [-0.25, -0.2) is 0 Å². The molecule has 5 nitrogen and oxygen atoms in total. The van der Waals surface area contributed by atoms with Crippen molar-refractivity contribution in [3.05, 3.63) is 0 Å². The predicted molar refractivity (Wildman–Crippen MR) is 73.7 cm³/mol. The van der Waals surface area contributed by atoms with Crippen molar-refractivity contribution in [2.24, 2.45) is 11.1 Å². The van der Waals surface area contributed by atoms with Crippen LogP contribution in [0, 0.1) is 5.41 Å². The molecule has 1 rings (SSSR count). The summed E-state index contributed by atoms with van der Waals surface area (Å²) in [6, 6.07) is 0.115. The zero-order valence-corrected chi connectivity index (χ0v) is 12.0. The van der Waals surface area contributed by atoms with Gasteiger partial charge in [0.15, 0.2) is 0 Å². The SMILES string of the molecule is CCCC1(C(=O)O)CCN(C(=O)CCCC(C)N)C1. The van der Waals surface area contributed by atoms with Gasteiger partial charge >= 0.3 is 5.97 Å². The Labute approximate surface area is 115 Å². The highest BCUT2D eigenvalue weighted by atomic mass is 16.4. The number of aliphatic carboxylic acids is 1. The van der Waals surface area contributed by atoms with Crippen LogP contribution in [0.25, 0.3) is 0 Å². The Bertz CT molecular complexity index is 331. The minimum absolute atomic E-state index is 0.0693. The average Bonchev–Trinajstić information content (AvgIpc) is 2.74. The van der Waals surface area contributed by atoms with Crippen molar-refractivity contribution in [3.8, 4) is 0 Å². The Morgan fingerprint density at radius 3 is 2.68 bits per heavy atom. The topological polar surface area (TPSA) is 83.6 Å². The summed E-state index contributed by atoms with van der Waals surface area (Å²) in [5, 5.41) is 9.39. The molecule has 0 saturated carbocycles. The Morgan fingerprint density at radius 2 is 2.16 bits per heavy atom. The van der Waals surface area contributed by atoms with Crippen LogP contribution in [0.4, 0.5) is 0 Å². The third kappa shape index (κ3) is 4.20. The standard InChI is InChI=1S/C14H26N2O3/c1-3-7-14(13(18)19)8-9-16(10-14)12(17)6-4-5-11(2)15/h11H,3-10,15H2,1-2H3,(H,18,19). The Kier molecular flexibility index (Phi) is 5.79. The van der Waals surface area contributed by atoms with Crippen molar-refractivity contribution in [2.45, 2.75) is 58.4 Å². The van der Waals surface area contributed by atoms with Gasteiger partial charge in [0.05, 0.1) is 5.41 Å². The lowest BCUT2D eigenvalue weighted by atomic mass is 9.83. The summed E-state index contributed by atoms with van der Waals surface area (Å²) in [7, 11) is 0. The molecule has 0 spiro atoms. The van der Waals surface area contributed by atoms with Gasteiger partial charge in [-0.1, -0.05) is 13.3 Å². The van der Waals surface area contributed by atoms with Crippen molar-refractivity contribution in [3.63, 3.8) is 0 Å². The van der Waals surface area contributed by atoms with E-state index in [1.807, 2.05) is 13.8 Å². The fraction of sp³-hybridized carbons (Fsp3) is 0.857. The van der Waals surface area contributed by atoms with E-state index in [1.54, 1.807) is 4.90 Å². The molecular weight excluding hydrogens is 244 g/mol. The van der Waals surface area contributed by atoms with Gasteiger partial charge in [0.1, 0.15) is 0 Å². The summed E-state index contributed by atoms with van der Waals surface area (Å²) in [4.78, 5) is 25.2. The molecule has 0 radical (unpaired) electrons. The first kappa shape index (κ1) is 16.0. The summed E-state index contributed by atoms with van der Waals surface area (Å²) < 4.78 is 0. The van der Waals surface area contributed by atoms with Gasteiger partial charge in [-0.05, 0) is 32.6 Å². The quantitative estimate of drug-likeness (QED) is 0.736. The van der Waals surface area contributed by atoms with Gasteiger partial charge in [-0.2, -0.15) is 0 Å². The average molecular weight is 270 g/mol. The van der Waals surface area contributed by atoms with Crippen molar-refractivity contribution in [1.82, 2.24) is 4.90 Å². The van der Waals surface area contributed by atoms with Crippen molar-refractivity contribution in [2.75, 3.05) is 13.1 Å². The largest absolute Gasteiger partial charge is 0.481 e. The molecule has 110 valence electrons. The molecule has 0 aromatic carbocycles. The van der Waals surface area contributed by atoms with Gasteiger partial charge in [0, 0.05) is 25.6 Å². The molecule has 1 heterocycles. The third-order valence-electron chi connectivity index (χ3n) is 3.94. The maximum atomic E-state index is 12.0. The number of amides is 1. The monoisotopic (exact) mass is 270 g/mol. The molecule has 0 aliphatic carbocycles. The van der Waals surface area contributed by atoms with E-state index < -0.39 is 11.4 Å². The molecule has 2 unspecified atom stereocenters. The molecule has 1 fully saturated rings. The number of carboxylic acids is 1. The number of likely N-dealkylation sites (tertiary alicyclic amines) is 1. The smallest absolute Gasteiger partial charge is 0.311 e. The molecule has 0 bridgehead atoms. The summed E-state index contributed by atoms with van der Waals surface area (Å²) in [6.07, 6.45) is 4.14. The molecular formula is C14H26N2O3. The lowest BCUT2D eigenvalue weighted by Gasteiger charge is -2.24. The van der Waals surface area contributed by atoms with Crippen LogP contribution < -0.4 is 5.73 Å². The van der Waals surface area contributed by atoms with Gasteiger partial charge in [-0.15, -0.1) is 0 Å². The number of nitrogens with two attached hydrogens (primary N) is 1. The second kappa shape index (κ2) is 6.89. The van der Waals surface area contributed by atoms with Crippen molar-refractivity contribution >= 4 is 11.9 Å². The van der Waals surface area contributed by atoms with Crippen LogP contribution in [0.1, 0.15) is 52.4 Å². The lowest BCUT2D eigenvalue weighted by Crippen LogP contribution is -2.36. The molecule has 1 aliphatic heterocycles. The van der Waals surface area contributed by atoms with Crippen LogP contribution in [0.15, 0.2) is 0 Å². The molecule has 5 heteroatoms. The highest BCUT2D eigenvalue weighted by molar-refractivity contribution is 5.80. The van der Waals surface area contributed by atoms with E-state index in [1.165, 1.54) is 0 Å². The van der Waals surface area contributed by atoms with E-state index in [-0.39, 0.29) is 11.9 Å². The molecule has 19 heavy (non-hydrogen) atoms. The van der Waals surface area contributed by atoms with E-state index in [4.69, 9.17) is 5.73 Å². The van der Waals surface area contributed by atoms with Crippen molar-refractivity contribution < 1.29 is 14.7 Å². The molecule has 1 aliphatic rings. The molecule has 0 aromatic heterocycles. The Balaban J connectivity index is 2.49. The zero-order chi connectivity index (χ0) is 14.5. The summed E-state index contributed by atoms with van der Waals surface area (Å²) in [5.74, 6) is -0.694. The van der Waals surface area contributed by atoms with Crippen LogP contribution in [0.5, 0.6) is 0 Å². The second-order valence-electron chi connectivity index (χ2n) is 5.77. The number of rotatable bonds is 7. The van der Waals surface area contributed by atoms with E-state index in [2.05, 4.69) is 0 Å². The van der Waals surface area contributed by atoms with E-state index in [9.17, 15) is 14.7 Å². The first-order chi connectivity index (χ1) is 8.91.